The van der Waals surface area contributed by atoms with Crippen molar-refractivity contribution in [2.75, 3.05) is 7.11 Å². The number of nitrogens with zero attached hydrogens (tertiary/aromatic N) is 4. The molecule has 0 bridgehead atoms. The van der Waals surface area contributed by atoms with Gasteiger partial charge in [-0.1, -0.05) is 6.07 Å². The number of H-pyrrole nitrogens is 1. The van der Waals surface area contributed by atoms with Crippen LogP contribution >= 0.6 is 0 Å². The molecule has 0 fully saturated rings. The Bertz CT molecular complexity index is 1490. The third-order valence-corrected chi connectivity index (χ3v) is 6.30. The molecule has 3 N–H and O–H groups in total. The van der Waals surface area contributed by atoms with Crippen molar-refractivity contribution in [2.24, 2.45) is 12.0 Å². The smallest absolute Gasteiger partial charge is 0.251 e. The van der Waals surface area contributed by atoms with Crippen LogP contribution in [0.3, 0.4) is 0 Å². The fourth-order valence-electron chi connectivity index (χ4n) is 4.17. The SMILES string of the molecule is COC1=C(c2ccc(O)c(-c3nc4ccc(C(=O)NCc5cnn(C)c5C)cc4[nH]3)c2)CCC=N1. The number of phenols is 1. The number of hydrogen-bond donors (Lipinski definition) is 3. The van der Waals surface area contributed by atoms with E-state index in [9.17, 15) is 9.90 Å². The average molecular weight is 471 g/mol. The maximum atomic E-state index is 12.7. The van der Waals surface area contributed by atoms with Crippen LogP contribution in [0, 0.1) is 6.92 Å². The van der Waals surface area contributed by atoms with Crippen LogP contribution in [0.1, 0.15) is 40.0 Å². The zero-order chi connectivity index (χ0) is 24.5. The van der Waals surface area contributed by atoms with Gasteiger partial charge in [0.15, 0.2) is 0 Å². The Labute approximate surface area is 202 Å². The standard InChI is InChI=1S/C26H26N6O3/c1-15-18(14-29-32(15)2)13-28-25(34)17-6-8-21-22(12-17)31-24(30-21)20-11-16(7-9-23(20)33)19-5-4-10-27-26(19)35-3/h6-12,14,33H,4-5,13H2,1-3H3,(H,28,34)(H,30,31). The molecule has 0 atom stereocenters. The molecule has 4 aromatic rings. The number of imidazole rings is 1. The molecule has 2 aromatic heterocycles. The van der Waals surface area contributed by atoms with Crippen LogP contribution in [-0.2, 0) is 18.3 Å². The summed E-state index contributed by atoms with van der Waals surface area (Å²) in [7, 11) is 3.47. The molecule has 35 heavy (non-hydrogen) atoms. The first-order chi connectivity index (χ1) is 16.9. The molecule has 3 heterocycles. The molecule has 0 aliphatic carbocycles. The number of amides is 1. The van der Waals surface area contributed by atoms with E-state index in [-0.39, 0.29) is 11.7 Å². The lowest BCUT2D eigenvalue weighted by Crippen LogP contribution is -2.23. The molecule has 5 rings (SSSR count). The minimum Gasteiger partial charge on any atom is -0.507 e. The molecule has 0 unspecified atom stereocenters. The number of aromatic hydroxyl groups is 1. The van der Waals surface area contributed by atoms with Crippen LogP contribution < -0.4 is 5.32 Å². The van der Waals surface area contributed by atoms with E-state index in [1.807, 2.05) is 32.3 Å². The summed E-state index contributed by atoms with van der Waals surface area (Å²) >= 11 is 0. The maximum absolute atomic E-state index is 12.7. The maximum Gasteiger partial charge on any atom is 0.251 e. The summed E-state index contributed by atoms with van der Waals surface area (Å²) in [5.74, 6) is 1.01. The lowest BCUT2D eigenvalue weighted by atomic mass is 9.98. The molecule has 1 amide bonds. The zero-order valence-corrected chi connectivity index (χ0v) is 19.8. The van der Waals surface area contributed by atoms with Crippen molar-refractivity contribution in [3.05, 3.63) is 70.9 Å². The highest BCUT2D eigenvalue weighted by Crippen LogP contribution is 2.35. The summed E-state index contributed by atoms with van der Waals surface area (Å²) in [6.45, 7) is 2.36. The number of aromatic nitrogens is 4. The molecule has 9 heteroatoms. The van der Waals surface area contributed by atoms with Crippen molar-refractivity contribution < 1.29 is 14.6 Å². The first-order valence-corrected chi connectivity index (χ1v) is 11.3. The lowest BCUT2D eigenvalue weighted by Gasteiger charge is -2.15. The lowest BCUT2D eigenvalue weighted by molar-refractivity contribution is 0.0951. The van der Waals surface area contributed by atoms with Gasteiger partial charge >= 0.3 is 0 Å². The number of allylic oxidation sites excluding steroid dienone is 1. The van der Waals surface area contributed by atoms with E-state index in [1.165, 1.54) is 0 Å². The van der Waals surface area contributed by atoms with E-state index in [0.717, 1.165) is 35.2 Å². The highest BCUT2D eigenvalue weighted by molar-refractivity contribution is 5.97. The Morgan fingerprint density at radius 2 is 2.11 bits per heavy atom. The first kappa shape index (κ1) is 22.4. The van der Waals surface area contributed by atoms with Crippen molar-refractivity contribution in [3.63, 3.8) is 0 Å². The molecule has 0 spiro atoms. The average Bonchev–Trinajstić information content (AvgIpc) is 3.45. The number of aromatic amines is 1. The van der Waals surface area contributed by atoms with Gasteiger partial charge in [0.05, 0.1) is 29.9 Å². The van der Waals surface area contributed by atoms with Crippen LogP contribution in [0.4, 0.5) is 0 Å². The van der Waals surface area contributed by atoms with E-state index in [2.05, 4.69) is 25.4 Å². The Morgan fingerprint density at radius 3 is 2.89 bits per heavy atom. The van der Waals surface area contributed by atoms with Gasteiger partial charge in [-0.3, -0.25) is 9.48 Å². The predicted molar refractivity (Wildman–Crippen MR) is 134 cm³/mol. The van der Waals surface area contributed by atoms with Crippen molar-refractivity contribution >= 4 is 28.7 Å². The fraction of sp³-hybridized carbons (Fsp3) is 0.231. The van der Waals surface area contributed by atoms with Gasteiger partial charge in [-0.2, -0.15) is 5.10 Å². The monoisotopic (exact) mass is 470 g/mol. The van der Waals surface area contributed by atoms with Crippen molar-refractivity contribution in [2.45, 2.75) is 26.3 Å². The van der Waals surface area contributed by atoms with Crippen LogP contribution in [0.5, 0.6) is 5.75 Å². The number of hydrogen-bond acceptors (Lipinski definition) is 6. The second kappa shape index (κ2) is 9.09. The largest absolute Gasteiger partial charge is 0.507 e. The van der Waals surface area contributed by atoms with Gasteiger partial charge in [-0.15, -0.1) is 0 Å². The number of benzene rings is 2. The first-order valence-electron chi connectivity index (χ1n) is 11.3. The second-order valence-corrected chi connectivity index (χ2v) is 8.45. The summed E-state index contributed by atoms with van der Waals surface area (Å²) in [6.07, 6.45) is 5.22. The summed E-state index contributed by atoms with van der Waals surface area (Å²) in [5.41, 5.74) is 6.35. The minimum absolute atomic E-state index is 0.108. The molecule has 9 nitrogen and oxygen atoms in total. The number of phenolic OH excluding ortho intramolecular Hbond substituents is 1. The normalized spacial score (nSPS) is 13.5. The van der Waals surface area contributed by atoms with Gasteiger partial charge in [-0.25, -0.2) is 9.98 Å². The highest BCUT2D eigenvalue weighted by Gasteiger charge is 2.17. The van der Waals surface area contributed by atoms with Gasteiger partial charge in [0.1, 0.15) is 11.6 Å². The number of fused-ring (bicyclic) bond motifs is 1. The van der Waals surface area contributed by atoms with E-state index >= 15 is 0 Å². The molecule has 0 radical (unpaired) electrons. The third kappa shape index (κ3) is 4.28. The van der Waals surface area contributed by atoms with Gasteiger partial charge in [0, 0.05) is 42.2 Å². The topological polar surface area (TPSA) is 117 Å². The summed E-state index contributed by atoms with van der Waals surface area (Å²) < 4.78 is 7.20. The third-order valence-electron chi connectivity index (χ3n) is 6.30. The molecule has 178 valence electrons. The zero-order valence-electron chi connectivity index (χ0n) is 19.8. The molecular weight excluding hydrogens is 444 g/mol. The Balaban J connectivity index is 1.42. The van der Waals surface area contributed by atoms with Crippen LogP contribution in [0.2, 0.25) is 0 Å². The van der Waals surface area contributed by atoms with Crippen LogP contribution in [-0.4, -0.2) is 44.1 Å². The predicted octanol–water partition coefficient (Wildman–Crippen LogP) is 4.09. The number of aryl methyl sites for hydroxylation is 1. The molecular formula is C26H26N6O3. The summed E-state index contributed by atoms with van der Waals surface area (Å²) in [5, 5.41) is 17.7. The number of methoxy groups -OCH3 is 1. The number of rotatable bonds is 6. The molecule has 0 saturated carbocycles. The highest BCUT2D eigenvalue weighted by atomic mass is 16.5. The Hall–Kier alpha value is -4.40. The number of ether oxygens (including phenoxy) is 1. The van der Waals surface area contributed by atoms with Crippen LogP contribution in [0.15, 0.2) is 53.5 Å². The van der Waals surface area contributed by atoms with Gasteiger partial charge in [-0.05, 0) is 55.7 Å². The minimum atomic E-state index is -0.187. The van der Waals surface area contributed by atoms with Crippen molar-refractivity contribution in [1.29, 1.82) is 0 Å². The summed E-state index contributed by atoms with van der Waals surface area (Å²) in [6, 6.07) is 10.7. The van der Waals surface area contributed by atoms with Crippen molar-refractivity contribution in [1.82, 2.24) is 25.1 Å². The van der Waals surface area contributed by atoms with E-state index in [1.54, 1.807) is 42.3 Å². The molecule has 1 aliphatic heterocycles. The van der Waals surface area contributed by atoms with Crippen molar-refractivity contribution in [3.8, 4) is 17.1 Å². The van der Waals surface area contributed by atoms with Gasteiger partial charge in [0.2, 0.25) is 5.88 Å². The number of aliphatic imine (C=N–C) groups is 1. The number of carbonyl (C=O) groups excluding carboxylic acids is 1. The fourth-order valence-corrected chi connectivity index (χ4v) is 4.17. The molecule has 0 saturated heterocycles. The second-order valence-electron chi connectivity index (χ2n) is 8.45. The van der Waals surface area contributed by atoms with Gasteiger partial charge < -0.3 is 20.1 Å². The quantitative estimate of drug-likeness (QED) is 0.392. The number of nitrogens with one attached hydrogen (secondary N) is 2. The van der Waals surface area contributed by atoms with Crippen LogP contribution in [0.25, 0.3) is 28.0 Å². The van der Waals surface area contributed by atoms with E-state index in [4.69, 9.17) is 4.74 Å². The Morgan fingerprint density at radius 1 is 1.26 bits per heavy atom. The molecule has 2 aromatic carbocycles. The van der Waals surface area contributed by atoms with E-state index < -0.39 is 0 Å². The van der Waals surface area contributed by atoms with E-state index in [0.29, 0.717) is 40.4 Å². The summed E-state index contributed by atoms with van der Waals surface area (Å²) in [4.78, 5) is 25.0. The van der Waals surface area contributed by atoms with Gasteiger partial charge in [0.25, 0.3) is 5.91 Å². The Kier molecular flexibility index (Phi) is 5.82. The number of carbonyl (C=O) groups is 1. The molecule has 1 aliphatic rings.